The lowest BCUT2D eigenvalue weighted by molar-refractivity contribution is -0.385. The SMILES string of the molecule is Cc1cc([N+](=O)[O-])cc(S(=O)(=O)N2CC(C)C(N)C2)c1C.Cl. The molecule has 1 aliphatic heterocycles. The zero-order valence-electron chi connectivity index (χ0n) is 12.6. The second-order valence-electron chi connectivity index (χ2n) is 5.61. The molecule has 0 aromatic heterocycles. The van der Waals surface area contributed by atoms with Gasteiger partial charge in [0.15, 0.2) is 0 Å². The van der Waals surface area contributed by atoms with E-state index in [1.165, 1.54) is 10.4 Å². The molecule has 0 radical (unpaired) electrons. The molecule has 0 aliphatic carbocycles. The van der Waals surface area contributed by atoms with Crippen LogP contribution in [0.5, 0.6) is 0 Å². The number of non-ortho nitro benzene ring substituents is 1. The fraction of sp³-hybridized carbons (Fsp3) is 0.538. The maximum atomic E-state index is 12.7. The average Bonchev–Trinajstić information content (AvgIpc) is 2.73. The van der Waals surface area contributed by atoms with E-state index in [0.717, 1.165) is 6.07 Å². The Hall–Kier alpha value is -1.22. The Balaban J connectivity index is 0.00000242. The quantitative estimate of drug-likeness (QED) is 0.658. The molecule has 2 N–H and O–H groups in total. The van der Waals surface area contributed by atoms with Gasteiger partial charge in [-0.1, -0.05) is 6.92 Å². The monoisotopic (exact) mass is 349 g/mol. The number of nitrogens with two attached hydrogens (primary N) is 1. The lowest BCUT2D eigenvalue weighted by atomic mass is 10.1. The average molecular weight is 350 g/mol. The maximum Gasteiger partial charge on any atom is 0.271 e. The molecule has 2 atom stereocenters. The molecule has 0 saturated carbocycles. The van der Waals surface area contributed by atoms with Gasteiger partial charge < -0.3 is 5.73 Å². The summed E-state index contributed by atoms with van der Waals surface area (Å²) in [6, 6.07) is 2.30. The summed E-state index contributed by atoms with van der Waals surface area (Å²) in [6.07, 6.45) is 0. The highest BCUT2D eigenvalue weighted by atomic mass is 35.5. The number of rotatable bonds is 3. The largest absolute Gasteiger partial charge is 0.326 e. The summed E-state index contributed by atoms with van der Waals surface area (Å²) in [5, 5.41) is 10.9. The Morgan fingerprint density at radius 2 is 1.91 bits per heavy atom. The molecule has 1 aromatic carbocycles. The number of nitro groups is 1. The molecule has 9 heteroatoms. The summed E-state index contributed by atoms with van der Waals surface area (Å²) in [5.74, 6) is 0.0693. The van der Waals surface area contributed by atoms with Crippen LogP contribution in [0.15, 0.2) is 17.0 Å². The molecule has 1 aliphatic rings. The molecule has 1 heterocycles. The first-order valence-electron chi connectivity index (χ1n) is 6.66. The van der Waals surface area contributed by atoms with E-state index >= 15 is 0 Å². The number of nitrogens with zero attached hydrogens (tertiary/aromatic N) is 2. The number of hydrogen-bond acceptors (Lipinski definition) is 5. The maximum absolute atomic E-state index is 12.7. The van der Waals surface area contributed by atoms with Gasteiger partial charge in [-0.2, -0.15) is 4.31 Å². The van der Waals surface area contributed by atoms with Crippen molar-refractivity contribution >= 4 is 28.1 Å². The fourth-order valence-corrected chi connectivity index (χ4v) is 4.36. The van der Waals surface area contributed by atoms with Crippen molar-refractivity contribution < 1.29 is 13.3 Å². The standard InChI is InChI=1S/C13H19N3O4S.ClH/c1-8-4-11(16(17)18)5-13(10(8)3)21(19,20)15-6-9(2)12(14)7-15;/h4-5,9,12H,6-7,14H2,1-3H3;1H. The summed E-state index contributed by atoms with van der Waals surface area (Å²) < 4.78 is 26.8. The minimum absolute atomic E-state index is 0. The van der Waals surface area contributed by atoms with Gasteiger partial charge in [0, 0.05) is 31.3 Å². The van der Waals surface area contributed by atoms with Gasteiger partial charge in [-0.3, -0.25) is 10.1 Å². The van der Waals surface area contributed by atoms with Crippen molar-refractivity contribution in [3.05, 3.63) is 33.4 Å². The second kappa shape index (κ2) is 6.49. The van der Waals surface area contributed by atoms with E-state index in [-0.39, 0.29) is 41.5 Å². The Kier molecular flexibility index (Phi) is 5.56. The van der Waals surface area contributed by atoms with Gasteiger partial charge in [0.2, 0.25) is 10.0 Å². The van der Waals surface area contributed by atoms with Crippen LogP contribution in [0.3, 0.4) is 0 Å². The van der Waals surface area contributed by atoms with E-state index in [9.17, 15) is 18.5 Å². The number of benzene rings is 1. The normalized spacial score (nSPS) is 22.4. The van der Waals surface area contributed by atoms with Crippen molar-refractivity contribution in [3.8, 4) is 0 Å². The van der Waals surface area contributed by atoms with Gasteiger partial charge in [-0.15, -0.1) is 12.4 Å². The van der Waals surface area contributed by atoms with Gasteiger partial charge in [-0.25, -0.2) is 8.42 Å². The van der Waals surface area contributed by atoms with E-state index in [2.05, 4.69) is 0 Å². The van der Waals surface area contributed by atoms with Crippen molar-refractivity contribution in [1.29, 1.82) is 0 Å². The number of sulfonamides is 1. The third kappa shape index (κ3) is 3.24. The molecule has 7 nitrogen and oxygen atoms in total. The Morgan fingerprint density at radius 1 is 1.32 bits per heavy atom. The van der Waals surface area contributed by atoms with Gasteiger partial charge in [0.25, 0.3) is 5.69 Å². The van der Waals surface area contributed by atoms with E-state index in [4.69, 9.17) is 5.73 Å². The Morgan fingerprint density at radius 3 is 2.36 bits per heavy atom. The number of halogens is 1. The molecule has 0 amide bonds. The highest BCUT2D eigenvalue weighted by Crippen LogP contribution is 2.30. The Labute approximate surface area is 136 Å². The van der Waals surface area contributed by atoms with Gasteiger partial charge in [0.1, 0.15) is 0 Å². The lowest BCUT2D eigenvalue weighted by Crippen LogP contribution is -2.32. The van der Waals surface area contributed by atoms with Crippen molar-refractivity contribution in [2.75, 3.05) is 13.1 Å². The minimum atomic E-state index is -3.76. The number of nitro benzene ring substituents is 1. The summed E-state index contributed by atoms with van der Waals surface area (Å²) in [5.41, 5.74) is 6.78. The summed E-state index contributed by atoms with van der Waals surface area (Å²) in [7, 11) is -3.76. The zero-order chi connectivity index (χ0) is 15.9. The van der Waals surface area contributed by atoms with E-state index < -0.39 is 14.9 Å². The predicted molar refractivity (Wildman–Crippen MR) is 85.7 cm³/mol. The topological polar surface area (TPSA) is 107 Å². The van der Waals surface area contributed by atoms with Crippen LogP contribution < -0.4 is 5.73 Å². The van der Waals surface area contributed by atoms with Crippen LogP contribution in [0.4, 0.5) is 5.69 Å². The van der Waals surface area contributed by atoms with E-state index in [1.807, 2.05) is 6.92 Å². The molecule has 2 rings (SSSR count). The molecular formula is C13H20ClN3O4S. The first-order chi connectivity index (χ1) is 9.64. The van der Waals surface area contributed by atoms with E-state index in [1.54, 1.807) is 13.8 Å². The van der Waals surface area contributed by atoms with Crippen LogP contribution in [0.25, 0.3) is 0 Å². The molecule has 0 spiro atoms. The summed E-state index contributed by atoms with van der Waals surface area (Å²) in [6.45, 7) is 5.80. The molecule has 124 valence electrons. The second-order valence-corrected chi connectivity index (χ2v) is 7.51. The summed E-state index contributed by atoms with van der Waals surface area (Å²) in [4.78, 5) is 10.4. The van der Waals surface area contributed by atoms with Crippen LogP contribution in [0, 0.1) is 29.9 Å². The molecule has 1 fully saturated rings. The lowest BCUT2D eigenvalue weighted by Gasteiger charge is -2.18. The van der Waals surface area contributed by atoms with Gasteiger partial charge in [0.05, 0.1) is 9.82 Å². The van der Waals surface area contributed by atoms with E-state index in [0.29, 0.717) is 17.7 Å². The van der Waals surface area contributed by atoms with Crippen LogP contribution in [-0.4, -0.2) is 36.8 Å². The van der Waals surface area contributed by atoms with Crippen molar-refractivity contribution in [2.24, 2.45) is 11.7 Å². The third-order valence-electron chi connectivity index (χ3n) is 4.07. The van der Waals surface area contributed by atoms with Gasteiger partial charge in [-0.05, 0) is 30.9 Å². The third-order valence-corrected chi connectivity index (χ3v) is 6.03. The van der Waals surface area contributed by atoms with Crippen LogP contribution >= 0.6 is 12.4 Å². The first-order valence-corrected chi connectivity index (χ1v) is 8.10. The molecule has 0 bridgehead atoms. The smallest absolute Gasteiger partial charge is 0.271 e. The number of hydrogen-bond donors (Lipinski definition) is 1. The molecule has 2 unspecified atom stereocenters. The van der Waals surface area contributed by atoms with Gasteiger partial charge >= 0.3 is 0 Å². The van der Waals surface area contributed by atoms with Crippen molar-refractivity contribution in [2.45, 2.75) is 31.7 Å². The molecular weight excluding hydrogens is 330 g/mol. The first kappa shape index (κ1) is 18.8. The molecule has 1 saturated heterocycles. The highest BCUT2D eigenvalue weighted by Gasteiger charge is 2.36. The van der Waals surface area contributed by atoms with Crippen LogP contribution in [0.2, 0.25) is 0 Å². The highest BCUT2D eigenvalue weighted by molar-refractivity contribution is 7.89. The van der Waals surface area contributed by atoms with Crippen molar-refractivity contribution in [1.82, 2.24) is 4.31 Å². The molecule has 22 heavy (non-hydrogen) atoms. The van der Waals surface area contributed by atoms with Crippen LogP contribution in [-0.2, 0) is 10.0 Å². The fourth-order valence-electron chi connectivity index (χ4n) is 2.46. The predicted octanol–water partition coefficient (Wildman–Crippen LogP) is 1.60. The van der Waals surface area contributed by atoms with Crippen LogP contribution in [0.1, 0.15) is 18.1 Å². The molecule has 1 aromatic rings. The summed E-state index contributed by atoms with van der Waals surface area (Å²) >= 11 is 0. The zero-order valence-corrected chi connectivity index (χ0v) is 14.3. The Bertz CT molecular complexity index is 683. The number of aryl methyl sites for hydroxylation is 1. The van der Waals surface area contributed by atoms with Crippen molar-refractivity contribution in [3.63, 3.8) is 0 Å². The minimum Gasteiger partial charge on any atom is -0.326 e.